The number of rotatable bonds is 8. The van der Waals surface area contributed by atoms with Crippen LogP contribution in [0, 0.1) is 0 Å². The minimum atomic E-state index is -2.86. The van der Waals surface area contributed by atoms with Crippen molar-refractivity contribution in [1.82, 2.24) is 0 Å². The van der Waals surface area contributed by atoms with Crippen LogP contribution in [0.5, 0.6) is 0 Å². The Bertz CT molecular complexity index is 295. The molecule has 0 saturated heterocycles. The molecule has 0 aromatic heterocycles. The lowest BCUT2D eigenvalue weighted by atomic mass is 10.2. The van der Waals surface area contributed by atoms with Gasteiger partial charge in [-0.3, -0.25) is 0 Å². The van der Waals surface area contributed by atoms with Gasteiger partial charge in [-0.15, -0.1) is 0 Å². The summed E-state index contributed by atoms with van der Waals surface area (Å²) in [6.07, 6.45) is 6.06. The fourth-order valence-corrected chi connectivity index (χ4v) is 4.29. The van der Waals surface area contributed by atoms with Crippen LogP contribution in [0.1, 0.15) is 45.4 Å². The first-order chi connectivity index (χ1) is 8.03. The zero-order chi connectivity index (χ0) is 12.7. The van der Waals surface area contributed by atoms with Gasteiger partial charge in [0.2, 0.25) is 0 Å². The first-order valence-corrected chi connectivity index (χ1v) is 9.40. The maximum Gasteiger partial charge on any atom is 0.150 e. The quantitative estimate of drug-likeness (QED) is 0.741. The summed E-state index contributed by atoms with van der Waals surface area (Å²) in [6.45, 7) is 1.67. The van der Waals surface area contributed by atoms with Gasteiger partial charge in [-0.05, 0) is 25.7 Å². The molecule has 0 heterocycles. The number of hydrogen-bond donors (Lipinski definition) is 1. The van der Waals surface area contributed by atoms with Crippen molar-refractivity contribution >= 4 is 21.6 Å². The monoisotopic (exact) mass is 280 g/mol. The Balaban J connectivity index is 2.06. The molecule has 0 aromatic carbocycles. The zero-order valence-electron chi connectivity index (χ0n) is 10.6. The van der Waals surface area contributed by atoms with Crippen LogP contribution in [0.4, 0.5) is 0 Å². The SMILES string of the molecule is CCS(=O)(=O)CCCC(O)CSC1CCCC1. The van der Waals surface area contributed by atoms with Crippen molar-refractivity contribution in [2.24, 2.45) is 0 Å². The highest BCUT2D eigenvalue weighted by atomic mass is 32.2. The minimum Gasteiger partial charge on any atom is -0.392 e. The standard InChI is InChI=1S/C12H24O3S2/c1-2-17(14,15)9-5-6-11(13)10-16-12-7-3-4-8-12/h11-13H,2-10H2,1H3. The van der Waals surface area contributed by atoms with E-state index >= 15 is 0 Å². The average Bonchev–Trinajstić information content (AvgIpc) is 2.79. The van der Waals surface area contributed by atoms with Crippen molar-refractivity contribution in [2.75, 3.05) is 17.3 Å². The van der Waals surface area contributed by atoms with Gasteiger partial charge in [0.15, 0.2) is 0 Å². The second-order valence-corrected chi connectivity index (χ2v) is 8.58. The van der Waals surface area contributed by atoms with Crippen molar-refractivity contribution in [2.45, 2.75) is 56.8 Å². The molecule has 5 heteroatoms. The van der Waals surface area contributed by atoms with E-state index in [1.165, 1.54) is 25.7 Å². The zero-order valence-corrected chi connectivity index (χ0v) is 12.2. The van der Waals surface area contributed by atoms with Gasteiger partial charge in [0.05, 0.1) is 11.9 Å². The van der Waals surface area contributed by atoms with Crippen LogP contribution in [-0.4, -0.2) is 42.1 Å². The Morgan fingerprint density at radius 1 is 1.35 bits per heavy atom. The smallest absolute Gasteiger partial charge is 0.150 e. The molecular formula is C12H24O3S2. The van der Waals surface area contributed by atoms with Crippen LogP contribution in [0.15, 0.2) is 0 Å². The molecule has 1 N–H and O–H groups in total. The van der Waals surface area contributed by atoms with Gasteiger partial charge in [-0.25, -0.2) is 8.42 Å². The highest BCUT2D eigenvalue weighted by Gasteiger charge is 2.17. The molecule has 1 atom stereocenters. The summed E-state index contributed by atoms with van der Waals surface area (Å²) in [7, 11) is -2.86. The second-order valence-electron chi connectivity index (χ2n) is 4.77. The topological polar surface area (TPSA) is 54.4 Å². The Labute approximate surface area is 109 Å². The highest BCUT2D eigenvalue weighted by molar-refractivity contribution is 7.99. The van der Waals surface area contributed by atoms with Gasteiger partial charge >= 0.3 is 0 Å². The molecule has 102 valence electrons. The van der Waals surface area contributed by atoms with Crippen molar-refractivity contribution < 1.29 is 13.5 Å². The van der Waals surface area contributed by atoms with Crippen molar-refractivity contribution in [3.63, 3.8) is 0 Å². The molecular weight excluding hydrogens is 256 g/mol. The van der Waals surface area contributed by atoms with Gasteiger partial charge in [-0.1, -0.05) is 19.8 Å². The molecule has 0 spiro atoms. The number of thioether (sulfide) groups is 1. The van der Waals surface area contributed by atoms with Gasteiger partial charge in [0.25, 0.3) is 0 Å². The third-order valence-corrected chi connectivity index (χ3v) is 6.57. The molecule has 17 heavy (non-hydrogen) atoms. The average molecular weight is 280 g/mol. The van der Waals surface area contributed by atoms with E-state index in [1.807, 2.05) is 11.8 Å². The van der Waals surface area contributed by atoms with Crippen molar-refractivity contribution in [1.29, 1.82) is 0 Å². The third-order valence-electron chi connectivity index (χ3n) is 3.26. The van der Waals surface area contributed by atoms with Crippen molar-refractivity contribution in [3.8, 4) is 0 Å². The van der Waals surface area contributed by atoms with Crippen molar-refractivity contribution in [3.05, 3.63) is 0 Å². The largest absolute Gasteiger partial charge is 0.392 e. The molecule has 1 aliphatic carbocycles. The predicted octanol–water partition coefficient (Wildman–Crippen LogP) is 2.24. The molecule has 0 aliphatic heterocycles. The van der Waals surface area contributed by atoms with Gasteiger partial charge in [0, 0.05) is 16.8 Å². The van der Waals surface area contributed by atoms with E-state index in [1.54, 1.807) is 6.92 Å². The number of aliphatic hydroxyl groups is 1. The van der Waals surface area contributed by atoms with E-state index in [0.29, 0.717) is 12.8 Å². The molecule has 1 saturated carbocycles. The van der Waals surface area contributed by atoms with E-state index in [0.717, 1.165) is 11.0 Å². The summed E-state index contributed by atoms with van der Waals surface area (Å²) < 4.78 is 22.5. The molecule has 1 fully saturated rings. The maximum absolute atomic E-state index is 11.3. The lowest BCUT2D eigenvalue weighted by Gasteiger charge is -2.13. The highest BCUT2D eigenvalue weighted by Crippen LogP contribution is 2.30. The van der Waals surface area contributed by atoms with E-state index in [-0.39, 0.29) is 17.6 Å². The minimum absolute atomic E-state index is 0.208. The molecule has 3 nitrogen and oxygen atoms in total. The lowest BCUT2D eigenvalue weighted by molar-refractivity contribution is 0.188. The molecule has 0 amide bonds. The Hall–Kier alpha value is 0.260. The Kier molecular flexibility index (Phi) is 6.89. The molecule has 0 radical (unpaired) electrons. The summed E-state index contributed by atoms with van der Waals surface area (Å²) in [5.41, 5.74) is 0. The number of sulfone groups is 1. The fraction of sp³-hybridized carbons (Fsp3) is 1.00. The summed E-state index contributed by atoms with van der Waals surface area (Å²) >= 11 is 1.86. The van der Waals surface area contributed by atoms with Crippen LogP contribution >= 0.6 is 11.8 Å². The predicted molar refractivity (Wildman–Crippen MR) is 74.3 cm³/mol. The molecule has 1 rings (SSSR count). The van der Waals surface area contributed by atoms with E-state index < -0.39 is 9.84 Å². The van der Waals surface area contributed by atoms with E-state index in [9.17, 15) is 13.5 Å². The van der Waals surface area contributed by atoms with Crippen LogP contribution in [0.25, 0.3) is 0 Å². The molecule has 1 unspecified atom stereocenters. The second kappa shape index (κ2) is 7.64. The molecule has 0 bridgehead atoms. The summed E-state index contributed by atoms with van der Waals surface area (Å²) in [6, 6.07) is 0. The van der Waals surface area contributed by atoms with E-state index in [2.05, 4.69) is 0 Å². The fourth-order valence-electron chi connectivity index (χ4n) is 2.07. The Morgan fingerprint density at radius 3 is 2.59 bits per heavy atom. The van der Waals surface area contributed by atoms with Crippen LogP contribution in [-0.2, 0) is 9.84 Å². The number of hydrogen-bond acceptors (Lipinski definition) is 4. The summed E-state index contributed by atoms with van der Waals surface area (Å²) in [5, 5.41) is 10.5. The Morgan fingerprint density at radius 2 is 2.00 bits per heavy atom. The number of aliphatic hydroxyl groups excluding tert-OH is 1. The van der Waals surface area contributed by atoms with Crippen LogP contribution in [0.2, 0.25) is 0 Å². The van der Waals surface area contributed by atoms with Gasteiger partial charge in [0.1, 0.15) is 9.84 Å². The first-order valence-electron chi connectivity index (χ1n) is 6.53. The summed E-state index contributed by atoms with van der Waals surface area (Å²) in [4.78, 5) is 0. The molecule has 1 aliphatic rings. The molecule has 0 aromatic rings. The first kappa shape index (κ1) is 15.3. The summed E-state index contributed by atoms with van der Waals surface area (Å²) in [5.74, 6) is 1.19. The van der Waals surface area contributed by atoms with Gasteiger partial charge < -0.3 is 5.11 Å². The lowest BCUT2D eigenvalue weighted by Crippen LogP contribution is -2.15. The third kappa shape index (κ3) is 6.67. The normalized spacial score (nSPS) is 19.6. The van der Waals surface area contributed by atoms with Crippen LogP contribution in [0.3, 0.4) is 0 Å². The maximum atomic E-state index is 11.3. The van der Waals surface area contributed by atoms with E-state index in [4.69, 9.17) is 0 Å². The van der Waals surface area contributed by atoms with Gasteiger partial charge in [-0.2, -0.15) is 11.8 Å². The van der Waals surface area contributed by atoms with Crippen LogP contribution < -0.4 is 0 Å².